The van der Waals surface area contributed by atoms with E-state index in [-0.39, 0.29) is 0 Å². The Balaban J connectivity index is 3.10. The zero-order chi connectivity index (χ0) is 8.27. The fraction of sp³-hybridized carbons (Fsp3) is 0. The van der Waals surface area contributed by atoms with Gasteiger partial charge < -0.3 is 0 Å². The molecule has 0 spiro atoms. The van der Waals surface area contributed by atoms with Crippen LogP contribution in [0.4, 0.5) is 0 Å². The van der Waals surface area contributed by atoms with Gasteiger partial charge >= 0.3 is 96.3 Å². The van der Waals surface area contributed by atoms with E-state index in [9.17, 15) is 5.11 Å². The van der Waals surface area contributed by atoms with Crippen molar-refractivity contribution in [2.24, 2.45) is 0 Å². The second-order valence-corrected chi connectivity index (χ2v) is 11.7. The topological polar surface area (TPSA) is 20.2 Å². The van der Waals surface area contributed by atoms with E-state index in [2.05, 4.69) is 0 Å². The normalized spacial score (nSPS) is 9.27. The van der Waals surface area contributed by atoms with Crippen LogP contribution in [0.1, 0.15) is 0 Å². The molecule has 0 radical (unpaired) electrons. The quantitative estimate of drug-likeness (QED) is 0.738. The maximum atomic E-state index is 9.52. The van der Waals surface area contributed by atoms with Crippen LogP contribution in [0, 0.1) is 0 Å². The average molecular weight is 395 g/mol. The first-order valence-electron chi connectivity index (χ1n) is 3.21. The molecule has 0 heterocycles. The van der Waals surface area contributed by atoms with Crippen molar-refractivity contribution in [1.29, 1.82) is 0 Å². The van der Waals surface area contributed by atoms with Crippen molar-refractivity contribution < 1.29 is 5.11 Å². The van der Waals surface area contributed by atoms with Crippen LogP contribution in [0.15, 0.2) is 18.2 Å². The predicted molar refractivity (Wildman–Crippen MR) is 53.4 cm³/mol. The molecule has 0 saturated carbocycles. The first kappa shape index (κ1) is 10.4. The molecule has 0 amide bonds. The van der Waals surface area contributed by atoms with Gasteiger partial charge in [0.1, 0.15) is 0 Å². The molecule has 0 fully saturated rings. The molecule has 0 aliphatic carbocycles. The van der Waals surface area contributed by atoms with Gasteiger partial charge in [0, 0.05) is 0 Å². The van der Waals surface area contributed by atoms with Crippen molar-refractivity contribution in [3.05, 3.63) is 18.2 Å². The van der Waals surface area contributed by atoms with E-state index in [0.717, 1.165) is 6.64 Å². The minimum absolute atomic E-state index is 0.407. The third kappa shape index (κ3) is 2.64. The zero-order valence-electron chi connectivity index (χ0n) is 5.85. The number of benzene rings is 1. The molecule has 1 rings (SSSR count). The second kappa shape index (κ2) is 5.15. The number of rotatable bonds is 2. The molecule has 5 heteroatoms. The van der Waals surface area contributed by atoms with E-state index in [1.807, 2.05) is 18.2 Å². The van der Waals surface area contributed by atoms with E-state index in [0.29, 0.717) is 5.75 Å². The van der Waals surface area contributed by atoms with Gasteiger partial charge in [0.05, 0.1) is 0 Å². The Bertz CT molecular complexity index is 232. The SMILES string of the molecule is Oc1[c]([InH][Cl])ccc[c]1[InH][Cl]. The van der Waals surface area contributed by atoms with Gasteiger partial charge in [-0.1, -0.05) is 0 Å². The molecule has 0 aliphatic heterocycles. The van der Waals surface area contributed by atoms with Gasteiger partial charge in [0.15, 0.2) is 0 Å². The molecule has 56 valence electrons. The van der Waals surface area contributed by atoms with Gasteiger partial charge in [-0.2, -0.15) is 0 Å². The van der Waals surface area contributed by atoms with Crippen molar-refractivity contribution in [3.8, 4) is 5.75 Å². The Morgan fingerprint density at radius 3 is 1.91 bits per heavy atom. The van der Waals surface area contributed by atoms with Crippen LogP contribution < -0.4 is 6.64 Å². The van der Waals surface area contributed by atoms with Crippen LogP contribution in [-0.4, -0.2) is 48.6 Å². The van der Waals surface area contributed by atoms with E-state index in [1.54, 1.807) is 0 Å². The molecular weight excluding hydrogens is 389 g/mol. The summed E-state index contributed by atoms with van der Waals surface area (Å²) in [6.07, 6.45) is 0. The predicted octanol–water partition coefficient (Wildman–Crippen LogP) is -0.177. The molecule has 1 aromatic rings. The summed E-state index contributed by atoms with van der Waals surface area (Å²) >= 11 is -2.69. The van der Waals surface area contributed by atoms with Crippen LogP contribution in [-0.2, 0) is 0 Å². The summed E-state index contributed by atoms with van der Waals surface area (Å²) in [6.45, 7) is 0. The van der Waals surface area contributed by atoms with Gasteiger partial charge in [-0.05, 0) is 0 Å². The van der Waals surface area contributed by atoms with Gasteiger partial charge in [-0.3, -0.25) is 0 Å². The summed E-state index contributed by atoms with van der Waals surface area (Å²) in [4.78, 5) is 0. The number of phenolic OH excluding ortho intramolecular Hbond substituents is 1. The van der Waals surface area contributed by atoms with Gasteiger partial charge in [0.2, 0.25) is 0 Å². The Kier molecular flexibility index (Phi) is 4.88. The molecule has 0 aliphatic rings. The first-order chi connectivity index (χ1) is 5.29. The van der Waals surface area contributed by atoms with Gasteiger partial charge in [-0.25, -0.2) is 0 Å². The summed E-state index contributed by atoms with van der Waals surface area (Å²) in [5.74, 6) is 0.407. The zero-order valence-corrected chi connectivity index (χ0v) is 15.4. The molecule has 0 atom stereocenters. The van der Waals surface area contributed by atoms with E-state index in [4.69, 9.17) is 17.2 Å². The Hall–Kier alpha value is 1.34. The van der Waals surface area contributed by atoms with Crippen LogP contribution in [0.3, 0.4) is 0 Å². The first-order valence-corrected chi connectivity index (χ1v) is 17.5. The van der Waals surface area contributed by atoms with Crippen molar-refractivity contribution in [2.75, 3.05) is 0 Å². The maximum absolute atomic E-state index is 9.52. The number of phenols is 1. The van der Waals surface area contributed by atoms with Crippen molar-refractivity contribution >= 4 is 67.2 Å². The van der Waals surface area contributed by atoms with Crippen molar-refractivity contribution in [1.82, 2.24) is 0 Å². The van der Waals surface area contributed by atoms with E-state index < -0.39 is 43.4 Å². The van der Waals surface area contributed by atoms with E-state index >= 15 is 0 Å². The monoisotopic (exact) mass is 394 g/mol. The molecule has 1 N–H and O–H groups in total. The number of halogens is 2. The number of aromatic hydroxyl groups is 1. The third-order valence-electron chi connectivity index (χ3n) is 1.49. The summed E-state index contributed by atoms with van der Waals surface area (Å²) in [6, 6.07) is 5.74. The Labute approximate surface area is 95.0 Å². The van der Waals surface area contributed by atoms with Gasteiger partial charge in [0.25, 0.3) is 0 Å². The Morgan fingerprint density at radius 2 is 1.55 bits per heavy atom. The molecule has 0 bridgehead atoms. The number of hydrogen-bond donors (Lipinski definition) is 1. The van der Waals surface area contributed by atoms with Crippen LogP contribution in [0.25, 0.3) is 0 Å². The molecule has 0 aromatic heterocycles. The van der Waals surface area contributed by atoms with Crippen LogP contribution in [0.2, 0.25) is 0 Å². The number of para-hydroxylation sites is 1. The summed E-state index contributed by atoms with van der Waals surface area (Å²) in [5.41, 5.74) is 0. The third-order valence-corrected chi connectivity index (χ3v) is 10.3. The van der Waals surface area contributed by atoms with Gasteiger partial charge in [-0.15, -0.1) is 0 Å². The fourth-order valence-corrected chi connectivity index (χ4v) is 9.09. The molecular formula is C6H6Cl2In2O. The summed E-state index contributed by atoms with van der Waals surface area (Å²) in [5, 5.41) is 9.52. The van der Waals surface area contributed by atoms with Crippen molar-refractivity contribution in [3.63, 3.8) is 0 Å². The molecule has 0 saturated heterocycles. The average Bonchev–Trinajstić information content (AvgIpc) is 2.05. The molecule has 0 unspecified atom stereocenters. The molecule has 1 aromatic carbocycles. The van der Waals surface area contributed by atoms with E-state index in [1.165, 1.54) is 0 Å². The molecule has 1 nitrogen and oxygen atoms in total. The van der Waals surface area contributed by atoms with Crippen LogP contribution in [0.5, 0.6) is 5.75 Å². The number of hydrogen-bond acceptors (Lipinski definition) is 1. The fourth-order valence-electron chi connectivity index (χ4n) is 0.860. The summed E-state index contributed by atoms with van der Waals surface area (Å²) < 4.78 is 1.98. The summed E-state index contributed by atoms with van der Waals surface area (Å²) in [7, 11) is 11.6. The Morgan fingerprint density at radius 1 is 1.09 bits per heavy atom. The standard InChI is InChI=1S/C6H4O.2ClH.2In.2H/c7-6-4-2-1-3-5-6;;;;;;/h1-3,7H;2*1H;;;;/q;;;2*+1;;/p-2. The molecule has 11 heavy (non-hydrogen) atoms. The minimum atomic E-state index is -1.35. The second-order valence-electron chi connectivity index (χ2n) is 2.19. The van der Waals surface area contributed by atoms with Crippen molar-refractivity contribution in [2.45, 2.75) is 0 Å². The van der Waals surface area contributed by atoms with Crippen LogP contribution >= 0.6 is 17.2 Å².